The third-order valence-electron chi connectivity index (χ3n) is 3.96. The standard InChI is InChI=1S/C19H23N3O6S/c1-27-16-7-5-4-6-14(16)18(23)22-15(10-11-29(3,25)26)19(24)21-13-8-9-17(28-2)20-12-13/h4-9,12,15H,10-11H2,1-3H3,(H,21,24)(H,22,23). The summed E-state index contributed by atoms with van der Waals surface area (Å²) in [5.74, 6) is -0.668. The molecule has 2 amide bonds. The second kappa shape index (κ2) is 9.87. The van der Waals surface area contributed by atoms with Crippen molar-refractivity contribution >= 4 is 27.3 Å². The summed E-state index contributed by atoms with van der Waals surface area (Å²) in [5.41, 5.74) is 0.616. The van der Waals surface area contributed by atoms with Crippen LogP contribution in [0.25, 0.3) is 0 Å². The molecule has 1 atom stereocenters. The minimum atomic E-state index is -3.33. The molecular weight excluding hydrogens is 398 g/mol. The zero-order valence-corrected chi connectivity index (χ0v) is 17.2. The number of nitrogens with zero attached hydrogens (tertiary/aromatic N) is 1. The number of amides is 2. The summed E-state index contributed by atoms with van der Waals surface area (Å²) in [4.78, 5) is 29.3. The Labute approximate surface area is 169 Å². The number of methoxy groups -OCH3 is 2. The van der Waals surface area contributed by atoms with Crippen molar-refractivity contribution in [2.24, 2.45) is 0 Å². The van der Waals surface area contributed by atoms with Gasteiger partial charge in [-0.25, -0.2) is 13.4 Å². The average Bonchev–Trinajstić information content (AvgIpc) is 2.70. The van der Waals surface area contributed by atoms with Crippen LogP contribution in [0.3, 0.4) is 0 Å². The van der Waals surface area contributed by atoms with Crippen LogP contribution in [0.2, 0.25) is 0 Å². The van der Waals surface area contributed by atoms with Gasteiger partial charge < -0.3 is 20.1 Å². The molecule has 0 aliphatic rings. The number of aromatic nitrogens is 1. The fourth-order valence-electron chi connectivity index (χ4n) is 2.47. The lowest BCUT2D eigenvalue weighted by atomic mass is 10.1. The SMILES string of the molecule is COc1ccc(NC(=O)C(CCS(C)(=O)=O)NC(=O)c2ccccc2OC)cn1. The molecule has 0 fully saturated rings. The quantitative estimate of drug-likeness (QED) is 0.625. The number of benzene rings is 1. The van der Waals surface area contributed by atoms with E-state index in [1.165, 1.54) is 20.4 Å². The summed E-state index contributed by atoms with van der Waals surface area (Å²) < 4.78 is 33.2. The van der Waals surface area contributed by atoms with Crippen molar-refractivity contribution in [3.8, 4) is 11.6 Å². The monoisotopic (exact) mass is 421 g/mol. The second-order valence-electron chi connectivity index (χ2n) is 6.22. The van der Waals surface area contributed by atoms with Crippen LogP contribution in [0.15, 0.2) is 42.6 Å². The molecule has 0 spiro atoms. The first-order chi connectivity index (χ1) is 13.7. The summed E-state index contributed by atoms with van der Waals surface area (Å²) >= 11 is 0. The smallest absolute Gasteiger partial charge is 0.255 e. The van der Waals surface area contributed by atoms with Gasteiger partial charge in [0.2, 0.25) is 11.8 Å². The van der Waals surface area contributed by atoms with E-state index in [-0.39, 0.29) is 17.7 Å². The first kappa shape index (κ1) is 22.2. The van der Waals surface area contributed by atoms with Gasteiger partial charge in [0.15, 0.2) is 0 Å². The minimum absolute atomic E-state index is 0.0882. The fraction of sp³-hybridized carbons (Fsp3) is 0.316. The van der Waals surface area contributed by atoms with Crippen molar-refractivity contribution in [3.05, 3.63) is 48.2 Å². The van der Waals surface area contributed by atoms with E-state index < -0.39 is 27.7 Å². The largest absolute Gasteiger partial charge is 0.496 e. The van der Waals surface area contributed by atoms with Crippen LogP contribution >= 0.6 is 0 Å². The molecule has 10 heteroatoms. The number of sulfone groups is 1. The van der Waals surface area contributed by atoms with Crippen molar-refractivity contribution < 1.29 is 27.5 Å². The lowest BCUT2D eigenvalue weighted by molar-refractivity contribution is -0.118. The molecular formula is C19H23N3O6S. The number of carbonyl (C=O) groups excluding carboxylic acids is 2. The van der Waals surface area contributed by atoms with Gasteiger partial charge in [0, 0.05) is 12.3 Å². The highest BCUT2D eigenvalue weighted by atomic mass is 32.2. The van der Waals surface area contributed by atoms with Gasteiger partial charge >= 0.3 is 0 Å². The van der Waals surface area contributed by atoms with E-state index in [1.807, 2.05) is 0 Å². The molecule has 0 aliphatic carbocycles. The number of carbonyl (C=O) groups is 2. The highest BCUT2D eigenvalue weighted by Crippen LogP contribution is 2.18. The maximum absolute atomic E-state index is 12.7. The van der Waals surface area contributed by atoms with Crippen molar-refractivity contribution in [1.29, 1.82) is 0 Å². The molecule has 2 N–H and O–H groups in total. The van der Waals surface area contributed by atoms with Crippen LogP contribution < -0.4 is 20.1 Å². The lowest BCUT2D eigenvalue weighted by Gasteiger charge is -2.19. The van der Waals surface area contributed by atoms with E-state index in [0.29, 0.717) is 17.3 Å². The maximum Gasteiger partial charge on any atom is 0.255 e. The highest BCUT2D eigenvalue weighted by molar-refractivity contribution is 7.90. The Kier molecular flexibility index (Phi) is 7.54. The maximum atomic E-state index is 12.7. The molecule has 0 bridgehead atoms. The van der Waals surface area contributed by atoms with Gasteiger partial charge in [-0.3, -0.25) is 9.59 Å². The number of nitrogens with one attached hydrogen (secondary N) is 2. The molecule has 0 saturated heterocycles. The molecule has 0 saturated carbocycles. The van der Waals surface area contributed by atoms with E-state index in [4.69, 9.17) is 9.47 Å². The Hall–Kier alpha value is -3.14. The van der Waals surface area contributed by atoms with Crippen LogP contribution in [0.4, 0.5) is 5.69 Å². The number of ether oxygens (including phenoxy) is 2. The van der Waals surface area contributed by atoms with E-state index in [9.17, 15) is 18.0 Å². The number of hydrogen-bond donors (Lipinski definition) is 2. The van der Waals surface area contributed by atoms with Crippen LogP contribution in [0, 0.1) is 0 Å². The molecule has 156 valence electrons. The summed E-state index contributed by atoms with van der Waals surface area (Å²) in [6.07, 6.45) is 2.37. The Bertz CT molecular complexity index is 960. The van der Waals surface area contributed by atoms with Gasteiger partial charge in [-0.15, -0.1) is 0 Å². The van der Waals surface area contributed by atoms with Crippen LogP contribution in [-0.4, -0.2) is 57.5 Å². The Morgan fingerprint density at radius 3 is 2.41 bits per heavy atom. The normalized spacial score (nSPS) is 12.0. The summed E-state index contributed by atoms with van der Waals surface area (Å²) in [5, 5.41) is 5.20. The molecule has 1 unspecified atom stereocenters. The molecule has 2 aromatic rings. The second-order valence-corrected chi connectivity index (χ2v) is 8.48. The molecule has 1 aromatic heterocycles. The third-order valence-corrected chi connectivity index (χ3v) is 4.94. The minimum Gasteiger partial charge on any atom is -0.496 e. The van der Waals surface area contributed by atoms with Gasteiger partial charge in [0.05, 0.1) is 37.4 Å². The van der Waals surface area contributed by atoms with Crippen molar-refractivity contribution in [2.45, 2.75) is 12.5 Å². The molecule has 1 heterocycles. The van der Waals surface area contributed by atoms with Crippen molar-refractivity contribution in [1.82, 2.24) is 10.3 Å². The van der Waals surface area contributed by atoms with Crippen molar-refractivity contribution in [3.63, 3.8) is 0 Å². The predicted octanol–water partition coefficient (Wildman–Crippen LogP) is 1.27. The van der Waals surface area contributed by atoms with Crippen LogP contribution in [0.5, 0.6) is 11.6 Å². The van der Waals surface area contributed by atoms with Gasteiger partial charge in [0.1, 0.15) is 21.6 Å². The Morgan fingerprint density at radius 2 is 1.83 bits per heavy atom. The van der Waals surface area contributed by atoms with Crippen LogP contribution in [0.1, 0.15) is 16.8 Å². The molecule has 0 radical (unpaired) electrons. The zero-order valence-electron chi connectivity index (χ0n) is 16.3. The first-order valence-electron chi connectivity index (χ1n) is 8.66. The Morgan fingerprint density at radius 1 is 1.10 bits per heavy atom. The van der Waals surface area contributed by atoms with Crippen LogP contribution in [-0.2, 0) is 14.6 Å². The highest BCUT2D eigenvalue weighted by Gasteiger charge is 2.24. The number of para-hydroxylation sites is 1. The van der Waals surface area contributed by atoms with Gasteiger partial charge in [-0.05, 0) is 24.6 Å². The Balaban J connectivity index is 2.18. The lowest BCUT2D eigenvalue weighted by Crippen LogP contribution is -2.44. The number of rotatable bonds is 9. The van der Waals surface area contributed by atoms with Gasteiger partial charge in [-0.2, -0.15) is 0 Å². The summed E-state index contributed by atoms with van der Waals surface area (Å²) in [6.45, 7) is 0. The summed E-state index contributed by atoms with van der Waals surface area (Å²) in [7, 11) is -0.438. The van der Waals surface area contributed by atoms with Gasteiger partial charge in [-0.1, -0.05) is 12.1 Å². The molecule has 0 aliphatic heterocycles. The van der Waals surface area contributed by atoms with E-state index in [1.54, 1.807) is 36.4 Å². The molecule has 2 rings (SSSR count). The molecule has 9 nitrogen and oxygen atoms in total. The summed E-state index contributed by atoms with van der Waals surface area (Å²) in [6, 6.07) is 8.60. The molecule has 1 aromatic carbocycles. The van der Waals surface area contributed by atoms with E-state index in [2.05, 4.69) is 15.6 Å². The topological polar surface area (TPSA) is 124 Å². The average molecular weight is 421 g/mol. The zero-order chi connectivity index (χ0) is 21.4. The predicted molar refractivity (Wildman–Crippen MR) is 108 cm³/mol. The number of anilines is 1. The van der Waals surface area contributed by atoms with E-state index >= 15 is 0 Å². The fourth-order valence-corrected chi connectivity index (χ4v) is 3.14. The first-order valence-corrected chi connectivity index (χ1v) is 10.7. The number of hydrogen-bond acceptors (Lipinski definition) is 7. The van der Waals surface area contributed by atoms with Gasteiger partial charge in [0.25, 0.3) is 5.91 Å². The van der Waals surface area contributed by atoms with Crippen molar-refractivity contribution in [2.75, 3.05) is 31.5 Å². The third kappa shape index (κ3) is 6.75. The number of pyridine rings is 1. The van der Waals surface area contributed by atoms with E-state index in [0.717, 1.165) is 6.26 Å². The molecule has 29 heavy (non-hydrogen) atoms.